The van der Waals surface area contributed by atoms with Crippen LogP contribution < -0.4 is 18.9 Å². The molecule has 5 rings (SSSR count). The predicted molar refractivity (Wildman–Crippen MR) is 155 cm³/mol. The molecule has 0 saturated carbocycles. The van der Waals surface area contributed by atoms with Crippen molar-refractivity contribution in [3.05, 3.63) is 81.3 Å². The fraction of sp³-hybridized carbons (Fsp3) is 0.367. The van der Waals surface area contributed by atoms with E-state index in [0.717, 1.165) is 60.0 Å². The first-order chi connectivity index (χ1) is 19.2. The van der Waals surface area contributed by atoms with Gasteiger partial charge in [0.15, 0.2) is 0 Å². The van der Waals surface area contributed by atoms with Crippen LogP contribution in [0.15, 0.2) is 54.6 Å². The average molecular weight is 607 g/mol. The fourth-order valence-electron chi connectivity index (χ4n) is 5.15. The number of carbonyl (C=O) groups is 1. The van der Waals surface area contributed by atoms with E-state index < -0.39 is 5.97 Å². The van der Waals surface area contributed by atoms with Crippen LogP contribution in [0, 0.1) is 0 Å². The lowest BCUT2D eigenvalue weighted by atomic mass is 9.87. The van der Waals surface area contributed by atoms with Crippen LogP contribution in [0.5, 0.6) is 23.0 Å². The van der Waals surface area contributed by atoms with Gasteiger partial charge in [0, 0.05) is 50.0 Å². The quantitative estimate of drug-likeness (QED) is 0.256. The summed E-state index contributed by atoms with van der Waals surface area (Å²) in [6.45, 7) is 2.66. The maximum absolute atomic E-state index is 11.9. The van der Waals surface area contributed by atoms with Crippen molar-refractivity contribution in [2.24, 2.45) is 0 Å². The Balaban J connectivity index is 1.15. The number of methoxy groups -OCH3 is 1. The summed E-state index contributed by atoms with van der Waals surface area (Å²) < 4.78 is 23.3. The van der Waals surface area contributed by atoms with Crippen LogP contribution in [-0.2, 0) is 13.0 Å². The highest BCUT2D eigenvalue weighted by molar-refractivity contribution is 6.32. The van der Waals surface area contributed by atoms with E-state index >= 15 is 0 Å². The van der Waals surface area contributed by atoms with Gasteiger partial charge in [-0.2, -0.15) is 0 Å². The molecule has 2 aliphatic heterocycles. The SMILES string of the molecule is COc1ccc(COc2cc(OCC(Cl)CN3CCC4(CC3)Cc3cc(Cl)ccc3O4)c(C(=O)O)cc2Cl)cc1. The number of rotatable bonds is 10. The summed E-state index contributed by atoms with van der Waals surface area (Å²) >= 11 is 19.1. The summed E-state index contributed by atoms with van der Waals surface area (Å²) in [4.78, 5) is 14.1. The van der Waals surface area contributed by atoms with Crippen molar-refractivity contribution in [1.29, 1.82) is 0 Å². The lowest BCUT2D eigenvalue weighted by Gasteiger charge is -2.39. The third-order valence-electron chi connectivity index (χ3n) is 7.32. The number of alkyl halides is 1. The van der Waals surface area contributed by atoms with Crippen LogP contribution in [-0.4, -0.2) is 60.3 Å². The van der Waals surface area contributed by atoms with Crippen molar-refractivity contribution >= 4 is 40.8 Å². The van der Waals surface area contributed by atoms with Gasteiger partial charge in [0.25, 0.3) is 0 Å². The van der Waals surface area contributed by atoms with Crippen molar-refractivity contribution in [2.45, 2.75) is 36.8 Å². The molecule has 1 atom stereocenters. The van der Waals surface area contributed by atoms with Gasteiger partial charge in [-0.15, -0.1) is 11.6 Å². The summed E-state index contributed by atoms with van der Waals surface area (Å²) in [6, 6.07) is 16.1. The first kappa shape index (κ1) is 28.7. The van der Waals surface area contributed by atoms with Gasteiger partial charge in [0.1, 0.15) is 47.4 Å². The highest BCUT2D eigenvalue weighted by Crippen LogP contribution is 2.42. The number of carboxylic acids is 1. The lowest BCUT2D eigenvalue weighted by Crippen LogP contribution is -2.49. The standard InChI is InChI=1S/C30H30Cl3NO6/c1-37-23-5-2-19(3-6-23)17-38-28-14-27(24(29(35)36)13-25(28)33)39-18-22(32)16-34-10-8-30(9-11-34)15-20-12-21(31)4-7-26(20)40-30/h2-7,12-14,22H,8-11,15-18H2,1H3,(H,35,36). The number of fused-ring (bicyclic) bond motifs is 1. The Morgan fingerprint density at radius 3 is 2.50 bits per heavy atom. The van der Waals surface area contributed by atoms with E-state index in [9.17, 15) is 9.90 Å². The second kappa shape index (κ2) is 12.4. The number of aromatic carboxylic acids is 1. The molecule has 2 heterocycles. The van der Waals surface area contributed by atoms with Crippen LogP contribution >= 0.6 is 34.8 Å². The monoisotopic (exact) mass is 605 g/mol. The molecule has 0 amide bonds. The third-order valence-corrected chi connectivity index (χ3v) is 8.12. The number of piperidine rings is 1. The zero-order valence-corrected chi connectivity index (χ0v) is 24.3. The minimum Gasteiger partial charge on any atom is -0.497 e. The predicted octanol–water partition coefficient (Wildman–Crippen LogP) is 6.74. The molecular formula is C30H30Cl3NO6. The summed E-state index contributed by atoms with van der Waals surface area (Å²) in [5.74, 6) is 0.992. The number of nitrogens with zero attached hydrogens (tertiary/aromatic N) is 1. The number of carboxylic acid groups (broad SMARTS) is 1. The molecule has 3 aromatic rings. The summed E-state index contributed by atoms with van der Waals surface area (Å²) in [5.41, 5.74) is 1.82. The number of ether oxygens (including phenoxy) is 4. The van der Waals surface area contributed by atoms with Gasteiger partial charge < -0.3 is 29.0 Å². The molecule has 0 radical (unpaired) electrons. The van der Waals surface area contributed by atoms with E-state index in [1.54, 1.807) is 7.11 Å². The molecule has 0 aliphatic carbocycles. The van der Waals surface area contributed by atoms with Gasteiger partial charge in [-0.1, -0.05) is 35.3 Å². The molecule has 1 fully saturated rings. The Morgan fingerprint density at radius 1 is 1.05 bits per heavy atom. The van der Waals surface area contributed by atoms with Crippen LogP contribution in [0.25, 0.3) is 0 Å². The molecule has 0 aromatic heterocycles. The van der Waals surface area contributed by atoms with Crippen LogP contribution in [0.4, 0.5) is 0 Å². The molecule has 10 heteroatoms. The average Bonchev–Trinajstić information content (AvgIpc) is 3.29. The van der Waals surface area contributed by atoms with E-state index in [1.165, 1.54) is 12.1 Å². The van der Waals surface area contributed by atoms with Crippen LogP contribution in [0.2, 0.25) is 10.0 Å². The van der Waals surface area contributed by atoms with E-state index in [1.807, 2.05) is 42.5 Å². The molecule has 7 nitrogen and oxygen atoms in total. The molecule has 1 saturated heterocycles. The number of hydrogen-bond acceptors (Lipinski definition) is 6. The van der Waals surface area contributed by atoms with Crippen LogP contribution in [0.3, 0.4) is 0 Å². The van der Waals surface area contributed by atoms with Gasteiger partial charge in [0.05, 0.1) is 17.5 Å². The normalized spacial score (nSPS) is 16.7. The van der Waals surface area contributed by atoms with Crippen LogP contribution in [0.1, 0.15) is 34.3 Å². The zero-order valence-electron chi connectivity index (χ0n) is 22.0. The molecular weight excluding hydrogens is 577 g/mol. The van der Waals surface area contributed by atoms with Crippen molar-refractivity contribution < 1.29 is 28.8 Å². The maximum Gasteiger partial charge on any atom is 0.339 e. The topological polar surface area (TPSA) is 77.5 Å². The molecule has 2 aliphatic rings. The van der Waals surface area contributed by atoms with E-state index in [-0.39, 0.29) is 40.5 Å². The molecule has 1 N–H and O–H groups in total. The Hall–Kier alpha value is -2.84. The highest BCUT2D eigenvalue weighted by Gasteiger charge is 2.42. The number of hydrogen-bond donors (Lipinski definition) is 1. The molecule has 3 aromatic carbocycles. The summed E-state index contributed by atoms with van der Waals surface area (Å²) in [5, 5.41) is 10.3. The summed E-state index contributed by atoms with van der Waals surface area (Å²) in [7, 11) is 1.60. The van der Waals surface area contributed by atoms with Gasteiger partial charge >= 0.3 is 5.97 Å². The number of likely N-dealkylation sites (tertiary alicyclic amines) is 1. The van der Waals surface area contributed by atoms with Gasteiger partial charge in [-0.3, -0.25) is 0 Å². The molecule has 40 heavy (non-hydrogen) atoms. The molecule has 212 valence electrons. The van der Waals surface area contributed by atoms with Crippen molar-refractivity contribution in [3.8, 4) is 23.0 Å². The second-order valence-corrected chi connectivity index (χ2v) is 11.6. The summed E-state index contributed by atoms with van der Waals surface area (Å²) in [6.07, 6.45) is 2.64. The van der Waals surface area contributed by atoms with Gasteiger partial charge in [0.2, 0.25) is 0 Å². The van der Waals surface area contributed by atoms with Crippen molar-refractivity contribution in [2.75, 3.05) is 33.4 Å². The third kappa shape index (κ3) is 6.72. The molecule has 0 bridgehead atoms. The lowest BCUT2D eigenvalue weighted by molar-refractivity contribution is 0.0186. The van der Waals surface area contributed by atoms with E-state index in [4.69, 9.17) is 53.8 Å². The molecule has 1 unspecified atom stereocenters. The second-order valence-electron chi connectivity index (χ2n) is 10.1. The first-order valence-corrected chi connectivity index (χ1v) is 14.2. The first-order valence-electron chi connectivity index (χ1n) is 13.0. The maximum atomic E-state index is 11.9. The minimum absolute atomic E-state index is 0.0522. The largest absolute Gasteiger partial charge is 0.497 e. The van der Waals surface area contributed by atoms with Gasteiger partial charge in [-0.05, 0) is 47.5 Å². The Morgan fingerprint density at radius 2 is 1.80 bits per heavy atom. The van der Waals surface area contributed by atoms with Gasteiger partial charge in [-0.25, -0.2) is 4.79 Å². The fourth-order valence-corrected chi connectivity index (χ4v) is 5.82. The molecule has 1 spiro atoms. The Bertz CT molecular complexity index is 1360. The minimum atomic E-state index is -1.15. The Labute approximate surface area is 248 Å². The van der Waals surface area contributed by atoms with E-state index in [2.05, 4.69) is 4.90 Å². The zero-order chi connectivity index (χ0) is 28.3. The number of halogens is 3. The Kier molecular flexibility index (Phi) is 8.86. The van der Waals surface area contributed by atoms with Crippen molar-refractivity contribution in [3.63, 3.8) is 0 Å². The highest BCUT2D eigenvalue weighted by atomic mass is 35.5. The smallest absolute Gasteiger partial charge is 0.339 e. The van der Waals surface area contributed by atoms with E-state index in [0.29, 0.717) is 12.3 Å². The van der Waals surface area contributed by atoms with Crippen molar-refractivity contribution in [1.82, 2.24) is 4.90 Å². The number of benzene rings is 3.